The van der Waals surface area contributed by atoms with Crippen molar-refractivity contribution in [3.05, 3.63) is 18.0 Å². The van der Waals surface area contributed by atoms with Crippen LogP contribution in [0.1, 0.15) is 37.7 Å². The molecule has 1 N–H and O–H groups in total. The molecule has 3 rings (SSSR count). The van der Waals surface area contributed by atoms with Crippen LogP contribution in [-0.4, -0.2) is 25.0 Å². The Hall–Kier alpha value is -0.680. The second-order valence-electron chi connectivity index (χ2n) is 4.86. The summed E-state index contributed by atoms with van der Waals surface area (Å²) in [5, 5.41) is 14.6. The molecule has 2 atom stereocenters. The lowest BCUT2D eigenvalue weighted by Crippen LogP contribution is -2.47. The van der Waals surface area contributed by atoms with Gasteiger partial charge >= 0.3 is 0 Å². The molecule has 3 heterocycles. The molecule has 0 aliphatic carbocycles. The van der Waals surface area contributed by atoms with E-state index in [1.807, 2.05) is 0 Å². The number of rotatable bonds is 1. The van der Waals surface area contributed by atoms with Crippen LogP contribution in [0.4, 0.5) is 0 Å². The van der Waals surface area contributed by atoms with Crippen molar-refractivity contribution in [3.8, 4) is 0 Å². The van der Waals surface area contributed by atoms with Gasteiger partial charge in [0.25, 0.3) is 0 Å². The summed E-state index contributed by atoms with van der Waals surface area (Å²) in [6.07, 6.45) is 7.32. The molecule has 2 saturated heterocycles. The summed E-state index contributed by atoms with van der Waals surface area (Å²) >= 11 is 0. The predicted octanol–water partition coefficient (Wildman–Crippen LogP) is 1.33. The Morgan fingerprint density at radius 1 is 1.44 bits per heavy atom. The molecule has 2 aliphatic heterocycles. The van der Waals surface area contributed by atoms with Gasteiger partial charge in [-0.1, -0.05) is 11.6 Å². The molecule has 5 heteroatoms. The third kappa shape index (κ3) is 1.53. The van der Waals surface area contributed by atoms with E-state index in [4.69, 9.17) is 4.52 Å². The van der Waals surface area contributed by atoms with Gasteiger partial charge < -0.3 is 9.63 Å². The van der Waals surface area contributed by atoms with E-state index in [1.54, 1.807) is 6.20 Å². The molecule has 2 unspecified atom stereocenters. The van der Waals surface area contributed by atoms with Crippen molar-refractivity contribution in [3.63, 3.8) is 0 Å². The van der Waals surface area contributed by atoms with Gasteiger partial charge in [-0.25, -0.2) is 0 Å². The highest BCUT2D eigenvalue weighted by atomic mass is 32.2. The molecular formula is C11H15NO3S. The summed E-state index contributed by atoms with van der Waals surface area (Å²) in [7, 11) is -0.755. The van der Waals surface area contributed by atoms with Gasteiger partial charge in [0.15, 0.2) is 0 Å². The molecular weight excluding hydrogens is 226 g/mol. The van der Waals surface area contributed by atoms with E-state index in [1.165, 1.54) is 6.26 Å². The minimum absolute atomic E-state index is 0.146. The van der Waals surface area contributed by atoms with Crippen LogP contribution >= 0.6 is 0 Å². The van der Waals surface area contributed by atoms with Crippen LogP contribution in [-0.2, 0) is 16.4 Å². The molecule has 1 aromatic heterocycles. The van der Waals surface area contributed by atoms with Gasteiger partial charge in [0.1, 0.15) is 6.26 Å². The smallest absolute Gasteiger partial charge is 0.129 e. The topological polar surface area (TPSA) is 63.3 Å². The van der Waals surface area contributed by atoms with Crippen molar-refractivity contribution in [2.75, 3.05) is 0 Å². The maximum atomic E-state index is 12.0. The lowest BCUT2D eigenvalue weighted by atomic mass is 9.82. The van der Waals surface area contributed by atoms with Crippen LogP contribution in [0.5, 0.6) is 0 Å². The van der Waals surface area contributed by atoms with Gasteiger partial charge in [-0.3, -0.25) is 4.21 Å². The predicted molar refractivity (Wildman–Crippen MR) is 59.2 cm³/mol. The second-order valence-corrected chi connectivity index (χ2v) is 6.85. The average molecular weight is 241 g/mol. The lowest BCUT2D eigenvalue weighted by Gasteiger charge is -2.42. The minimum atomic E-state index is -0.871. The van der Waals surface area contributed by atoms with E-state index in [9.17, 15) is 9.32 Å². The summed E-state index contributed by atoms with van der Waals surface area (Å²) < 4.78 is 16.8. The SMILES string of the molecule is O=S1C2CCCC1CC(O)(c1cnoc1)C2. The van der Waals surface area contributed by atoms with Crippen LogP contribution < -0.4 is 0 Å². The summed E-state index contributed by atoms with van der Waals surface area (Å²) in [5.41, 5.74) is -0.134. The van der Waals surface area contributed by atoms with Crippen molar-refractivity contribution < 1.29 is 13.8 Å². The fourth-order valence-corrected chi connectivity index (χ4v) is 5.18. The molecule has 0 aromatic carbocycles. The second kappa shape index (κ2) is 3.67. The molecule has 4 nitrogen and oxygen atoms in total. The van der Waals surface area contributed by atoms with Gasteiger partial charge in [-0.15, -0.1) is 0 Å². The minimum Gasteiger partial charge on any atom is -0.385 e. The van der Waals surface area contributed by atoms with E-state index in [-0.39, 0.29) is 10.5 Å². The van der Waals surface area contributed by atoms with Crippen LogP contribution in [0.15, 0.2) is 17.0 Å². The van der Waals surface area contributed by atoms with Crippen molar-refractivity contribution in [1.29, 1.82) is 0 Å². The largest absolute Gasteiger partial charge is 0.385 e. The summed E-state index contributed by atoms with van der Waals surface area (Å²) in [5.74, 6) is 0. The Bertz CT molecular complexity index is 387. The maximum Gasteiger partial charge on any atom is 0.129 e. The first kappa shape index (κ1) is 10.5. The first-order valence-corrected chi connectivity index (χ1v) is 6.98. The van der Waals surface area contributed by atoms with Crippen LogP contribution in [0, 0.1) is 0 Å². The van der Waals surface area contributed by atoms with Crippen LogP contribution in [0.3, 0.4) is 0 Å². The van der Waals surface area contributed by atoms with Gasteiger partial charge in [0, 0.05) is 26.9 Å². The van der Waals surface area contributed by atoms with E-state index in [2.05, 4.69) is 5.16 Å². The molecule has 2 fully saturated rings. The number of hydrogen-bond donors (Lipinski definition) is 1. The van der Waals surface area contributed by atoms with Crippen LogP contribution in [0.2, 0.25) is 0 Å². The third-order valence-corrected chi connectivity index (χ3v) is 5.93. The zero-order chi connectivity index (χ0) is 11.2. The van der Waals surface area contributed by atoms with Crippen molar-refractivity contribution >= 4 is 10.8 Å². The van der Waals surface area contributed by atoms with E-state index >= 15 is 0 Å². The zero-order valence-corrected chi connectivity index (χ0v) is 9.78. The monoisotopic (exact) mass is 241 g/mol. The molecule has 0 saturated carbocycles. The fourth-order valence-electron chi connectivity index (χ4n) is 2.95. The fraction of sp³-hybridized carbons (Fsp3) is 0.727. The van der Waals surface area contributed by atoms with E-state index in [0.29, 0.717) is 12.8 Å². The highest BCUT2D eigenvalue weighted by molar-refractivity contribution is 7.86. The van der Waals surface area contributed by atoms with Gasteiger partial charge in [-0.2, -0.15) is 0 Å². The number of nitrogens with zero attached hydrogens (tertiary/aromatic N) is 1. The molecule has 0 amide bonds. The summed E-state index contributed by atoms with van der Waals surface area (Å²) in [6, 6.07) is 0. The first-order valence-electron chi connectivity index (χ1n) is 5.71. The molecule has 2 aliphatic rings. The highest BCUT2D eigenvalue weighted by Gasteiger charge is 2.46. The summed E-state index contributed by atoms with van der Waals surface area (Å²) in [6.45, 7) is 0. The Kier molecular flexibility index (Phi) is 2.40. The standard InChI is InChI=1S/C11H15NO3S/c13-11(8-6-12-15-7-8)4-9-2-1-3-10(5-11)16(9)14/h6-7,9-10,13H,1-5H2. The van der Waals surface area contributed by atoms with Crippen molar-refractivity contribution in [1.82, 2.24) is 5.16 Å². The van der Waals surface area contributed by atoms with Gasteiger partial charge in [0.05, 0.1) is 11.8 Å². The van der Waals surface area contributed by atoms with Gasteiger partial charge in [0.2, 0.25) is 0 Å². The number of aromatic nitrogens is 1. The van der Waals surface area contributed by atoms with E-state index < -0.39 is 16.4 Å². The Balaban J connectivity index is 1.92. The molecule has 2 bridgehead atoms. The lowest BCUT2D eigenvalue weighted by molar-refractivity contribution is 0.00604. The van der Waals surface area contributed by atoms with Gasteiger partial charge in [-0.05, 0) is 25.7 Å². The summed E-state index contributed by atoms with van der Waals surface area (Å²) in [4.78, 5) is 0. The Morgan fingerprint density at radius 2 is 2.12 bits per heavy atom. The van der Waals surface area contributed by atoms with Crippen molar-refractivity contribution in [2.45, 2.75) is 48.2 Å². The molecule has 1 aromatic rings. The molecule has 0 radical (unpaired) electrons. The normalized spacial score (nSPS) is 43.2. The molecule has 16 heavy (non-hydrogen) atoms. The zero-order valence-electron chi connectivity index (χ0n) is 8.96. The van der Waals surface area contributed by atoms with Crippen molar-refractivity contribution in [2.24, 2.45) is 0 Å². The number of aliphatic hydroxyl groups is 1. The Labute approximate surface area is 96.5 Å². The van der Waals surface area contributed by atoms with E-state index in [0.717, 1.165) is 24.8 Å². The highest BCUT2D eigenvalue weighted by Crippen LogP contribution is 2.44. The van der Waals surface area contributed by atoms with Crippen LogP contribution in [0.25, 0.3) is 0 Å². The number of fused-ring (bicyclic) bond motifs is 2. The maximum absolute atomic E-state index is 12.0. The molecule has 0 spiro atoms. The quantitative estimate of drug-likeness (QED) is 0.805. The number of hydrogen-bond acceptors (Lipinski definition) is 4. The Morgan fingerprint density at radius 3 is 2.69 bits per heavy atom. The third-order valence-electron chi connectivity index (χ3n) is 3.81. The first-order chi connectivity index (χ1) is 7.69. The molecule has 88 valence electrons. The average Bonchev–Trinajstić information content (AvgIpc) is 2.74.